The summed E-state index contributed by atoms with van der Waals surface area (Å²) in [6.45, 7) is 2.96. The Labute approximate surface area is 136 Å². The van der Waals surface area contributed by atoms with E-state index in [1.807, 2.05) is 19.1 Å². The Hall–Kier alpha value is -0.730. The Kier molecular flexibility index (Phi) is 4.75. The Balaban J connectivity index is 1.81. The molecule has 1 aromatic heterocycles. The Morgan fingerprint density at radius 1 is 1.33 bits per heavy atom. The van der Waals surface area contributed by atoms with Gasteiger partial charge >= 0.3 is 0 Å². The molecule has 1 atom stereocenters. The number of imidazole rings is 1. The number of fused-ring (bicyclic) bond motifs is 1. The molecule has 0 saturated heterocycles. The van der Waals surface area contributed by atoms with Gasteiger partial charge in [-0.2, -0.15) is 0 Å². The van der Waals surface area contributed by atoms with Crippen molar-refractivity contribution >= 4 is 34.2 Å². The van der Waals surface area contributed by atoms with Gasteiger partial charge in [-0.3, -0.25) is 0 Å². The molecule has 0 aliphatic heterocycles. The van der Waals surface area contributed by atoms with Gasteiger partial charge in [0, 0.05) is 6.54 Å². The molecule has 21 heavy (non-hydrogen) atoms. The molecule has 114 valence electrons. The monoisotopic (exact) mass is 324 g/mol. The summed E-state index contributed by atoms with van der Waals surface area (Å²) < 4.78 is 2.26. The first-order valence-corrected chi connectivity index (χ1v) is 8.77. The summed E-state index contributed by atoms with van der Waals surface area (Å²) in [5, 5.41) is 0.612. The summed E-state index contributed by atoms with van der Waals surface area (Å²) in [6, 6.07) is 5.97. The van der Waals surface area contributed by atoms with Crippen molar-refractivity contribution < 1.29 is 0 Å². The number of nitrogens with zero attached hydrogens (tertiary/aromatic N) is 2. The van der Waals surface area contributed by atoms with E-state index < -0.39 is 0 Å². The van der Waals surface area contributed by atoms with Crippen LogP contribution in [0.3, 0.4) is 0 Å². The number of hydrogen-bond donors (Lipinski definition) is 0. The maximum atomic E-state index is 6.31. The van der Waals surface area contributed by atoms with E-state index in [0.717, 1.165) is 29.3 Å². The van der Waals surface area contributed by atoms with Crippen LogP contribution in [0, 0.1) is 5.92 Å². The smallest absolute Gasteiger partial charge is 0.127 e. The standard InChI is InChI=1S/C17H22Cl2N2/c1-12(18)17-20-16-14(19)9-4-10-15(16)21(17)11-5-8-13-6-2-3-7-13/h4,9-10,12-13H,2-3,5-8,11H2,1H3. The Bertz CT molecular complexity index is 613. The predicted molar refractivity (Wildman–Crippen MR) is 90.2 cm³/mol. The lowest BCUT2D eigenvalue weighted by molar-refractivity contribution is 0.457. The lowest BCUT2D eigenvalue weighted by Crippen LogP contribution is -2.06. The molecule has 3 rings (SSSR count). The number of rotatable bonds is 5. The van der Waals surface area contributed by atoms with Crippen LogP contribution in [0.5, 0.6) is 0 Å². The van der Waals surface area contributed by atoms with Gasteiger partial charge < -0.3 is 4.57 Å². The summed E-state index contributed by atoms with van der Waals surface area (Å²) in [6.07, 6.45) is 8.16. The molecule has 2 nitrogen and oxygen atoms in total. The second-order valence-electron chi connectivity index (χ2n) is 6.14. The number of halogens is 2. The lowest BCUT2D eigenvalue weighted by Gasteiger charge is -2.13. The highest BCUT2D eigenvalue weighted by Crippen LogP contribution is 2.31. The van der Waals surface area contributed by atoms with E-state index in [1.54, 1.807) is 0 Å². The zero-order valence-corrected chi connectivity index (χ0v) is 14.0. The highest BCUT2D eigenvalue weighted by atomic mass is 35.5. The Morgan fingerprint density at radius 3 is 2.81 bits per heavy atom. The largest absolute Gasteiger partial charge is 0.327 e. The lowest BCUT2D eigenvalue weighted by atomic mass is 10.0. The second kappa shape index (κ2) is 6.58. The number of hydrogen-bond acceptors (Lipinski definition) is 1. The van der Waals surface area contributed by atoms with Crippen molar-refractivity contribution in [2.24, 2.45) is 5.92 Å². The van der Waals surface area contributed by atoms with Crippen molar-refractivity contribution in [3.8, 4) is 0 Å². The third-order valence-electron chi connectivity index (χ3n) is 4.58. The fraction of sp³-hybridized carbons (Fsp3) is 0.588. The van der Waals surface area contributed by atoms with Crippen molar-refractivity contribution in [2.45, 2.75) is 57.4 Å². The maximum Gasteiger partial charge on any atom is 0.127 e. The van der Waals surface area contributed by atoms with E-state index in [0.29, 0.717) is 5.02 Å². The minimum Gasteiger partial charge on any atom is -0.327 e. The average molecular weight is 325 g/mol. The van der Waals surface area contributed by atoms with Crippen LogP contribution in [0.2, 0.25) is 5.02 Å². The number of para-hydroxylation sites is 1. The first kappa shape index (κ1) is 15.2. The van der Waals surface area contributed by atoms with Crippen LogP contribution in [0.15, 0.2) is 18.2 Å². The van der Waals surface area contributed by atoms with Crippen LogP contribution in [-0.4, -0.2) is 9.55 Å². The fourth-order valence-corrected chi connectivity index (χ4v) is 3.88. The molecule has 0 amide bonds. The van der Waals surface area contributed by atoms with Gasteiger partial charge in [0.2, 0.25) is 0 Å². The van der Waals surface area contributed by atoms with Crippen LogP contribution >= 0.6 is 23.2 Å². The van der Waals surface area contributed by atoms with Gasteiger partial charge in [0.15, 0.2) is 0 Å². The van der Waals surface area contributed by atoms with Crippen LogP contribution in [-0.2, 0) is 6.54 Å². The number of alkyl halides is 1. The molecule has 1 fully saturated rings. The van der Waals surface area contributed by atoms with Crippen molar-refractivity contribution in [2.75, 3.05) is 0 Å². The summed E-state index contributed by atoms with van der Waals surface area (Å²) in [5.74, 6) is 1.87. The van der Waals surface area contributed by atoms with E-state index in [-0.39, 0.29) is 5.38 Å². The van der Waals surface area contributed by atoms with Gasteiger partial charge in [0.1, 0.15) is 11.3 Å². The maximum absolute atomic E-state index is 6.31. The molecule has 4 heteroatoms. The molecule has 1 unspecified atom stereocenters. The zero-order chi connectivity index (χ0) is 14.8. The molecule has 0 spiro atoms. The van der Waals surface area contributed by atoms with Gasteiger partial charge in [-0.15, -0.1) is 11.6 Å². The summed E-state index contributed by atoms with van der Waals surface area (Å²) in [4.78, 5) is 4.66. The molecule has 1 aromatic carbocycles. The van der Waals surface area contributed by atoms with Gasteiger partial charge in [-0.25, -0.2) is 4.98 Å². The molecule has 0 N–H and O–H groups in total. The molecule has 1 saturated carbocycles. The number of aromatic nitrogens is 2. The number of benzene rings is 1. The van der Waals surface area contributed by atoms with Crippen molar-refractivity contribution in [1.82, 2.24) is 9.55 Å². The molecule has 0 bridgehead atoms. The fourth-order valence-electron chi connectivity index (χ4n) is 3.51. The molecule has 0 radical (unpaired) electrons. The van der Waals surface area contributed by atoms with E-state index in [4.69, 9.17) is 23.2 Å². The summed E-state index contributed by atoms with van der Waals surface area (Å²) in [5.41, 5.74) is 1.99. The second-order valence-corrected chi connectivity index (χ2v) is 7.20. The normalized spacial score (nSPS) is 17.7. The van der Waals surface area contributed by atoms with Crippen molar-refractivity contribution in [1.29, 1.82) is 0 Å². The van der Waals surface area contributed by atoms with E-state index >= 15 is 0 Å². The average Bonchev–Trinajstić information content (AvgIpc) is 3.08. The van der Waals surface area contributed by atoms with Crippen molar-refractivity contribution in [3.05, 3.63) is 29.0 Å². The highest BCUT2D eigenvalue weighted by Gasteiger charge is 2.18. The van der Waals surface area contributed by atoms with Gasteiger partial charge in [-0.05, 0) is 37.8 Å². The molecular weight excluding hydrogens is 303 g/mol. The quantitative estimate of drug-likeness (QED) is 0.620. The minimum absolute atomic E-state index is 0.0973. The van der Waals surface area contributed by atoms with Crippen LogP contribution in [0.1, 0.15) is 56.7 Å². The van der Waals surface area contributed by atoms with Gasteiger partial charge in [0.25, 0.3) is 0 Å². The topological polar surface area (TPSA) is 17.8 Å². The molecule has 1 heterocycles. The molecular formula is C17H22Cl2N2. The van der Waals surface area contributed by atoms with E-state index in [9.17, 15) is 0 Å². The molecule has 1 aliphatic rings. The zero-order valence-electron chi connectivity index (χ0n) is 12.5. The van der Waals surface area contributed by atoms with E-state index in [2.05, 4.69) is 15.6 Å². The van der Waals surface area contributed by atoms with Crippen LogP contribution in [0.4, 0.5) is 0 Å². The molecule has 1 aliphatic carbocycles. The third kappa shape index (κ3) is 3.22. The summed E-state index contributed by atoms with van der Waals surface area (Å²) >= 11 is 12.6. The van der Waals surface area contributed by atoms with Gasteiger partial charge in [0.05, 0.1) is 15.9 Å². The predicted octanol–water partition coefficient (Wildman–Crippen LogP) is 5.96. The van der Waals surface area contributed by atoms with Crippen molar-refractivity contribution in [3.63, 3.8) is 0 Å². The Morgan fingerprint density at radius 2 is 2.10 bits per heavy atom. The van der Waals surface area contributed by atoms with Crippen LogP contribution in [0.25, 0.3) is 11.0 Å². The first-order valence-electron chi connectivity index (χ1n) is 7.95. The van der Waals surface area contributed by atoms with E-state index in [1.165, 1.54) is 38.5 Å². The number of aryl methyl sites for hydroxylation is 1. The summed E-state index contributed by atoms with van der Waals surface area (Å²) in [7, 11) is 0. The van der Waals surface area contributed by atoms with Gasteiger partial charge in [-0.1, -0.05) is 43.4 Å². The third-order valence-corrected chi connectivity index (χ3v) is 5.08. The first-order chi connectivity index (χ1) is 10.2. The van der Waals surface area contributed by atoms with Crippen LogP contribution < -0.4 is 0 Å². The SMILES string of the molecule is CC(Cl)c1nc2c(Cl)cccc2n1CCCC1CCCC1. The highest BCUT2D eigenvalue weighted by molar-refractivity contribution is 6.35. The molecule has 2 aromatic rings. The minimum atomic E-state index is -0.0973.